The van der Waals surface area contributed by atoms with Gasteiger partial charge in [-0.05, 0) is 30.3 Å². The molecule has 22 heavy (non-hydrogen) atoms. The standard InChI is InChI=1S/C15H13N3O.C2H6.CH4/c1-19-12-7-8-14-13(9-12)15(17-10-16-14)18-11-5-3-2-4-6-11;1-2;/h2-10H,1H3,(H,16,17,18);1-2H3;1H4. The first kappa shape index (κ1) is 17.4. The third-order valence-electron chi connectivity index (χ3n) is 2.88. The molecule has 3 aromatic rings. The minimum Gasteiger partial charge on any atom is -0.497 e. The van der Waals surface area contributed by atoms with Crippen LogP contribution in [-0.4, -0.2) is 17.1 Å². The number of benzene rings is 2. The molecule has 0 radical (unpaired) electrons. The topological polar surface area (TPSA) is 47.0 Å². The van der Waals surface area contributed by atoms with Crippen LogP contribution in [0.2, 0.25) is 0 Å². The molecular weight excluding hydrogens is 274 g/mol. The molecule has 0 aliphatic heterocycles. The summed E-state index contributed by atoms with van der Waals surface area (Å²) >= 11 is 0. The summed E-state index contributed by atoms with van der Waals surface area (Å²) < 4.78 is 5.24. The van der Waals surface area contributed by atoms with E-state index in [0.717, 1.165) is 28.2 Å². The second-order valence-corrected chi connectivity index (χ2v) is 4.10. The van der Waals surface area contributed by atoms with Gasteiger partial charge in [0.05, 0.1) is 12.6 Å². The van der Waals surface area contributed by atoms with Gasteiger partial charge in [0.15, 0.2) is 0 Å². The van der Waals surface area contributed by atoms with E-state index in [-0.39, 0.29) is 7.43 Å². The molecule has 2 aromatic carbocycles. The Labute approximate surface area is 132 Å². The Morgan fingerprint density at radius 3 is 2.36 bits per heavy atom. The Kier molecular flexibility index (Phi) is 6.83. The number of para-hydroxylation sites is 1. The molecule has 0 atom stereocenters. The Morgan fingerprint density at radius 1 is 0.955 bits per heavy atom. The number of anilines is 2. The Balaban J connectivity index is 0.000000775. The van der Waals surface area contributed by atoms with Crippen molar-refractivity contribution < 1.29 is 4.74 Å². The van der Waals surface area contributed by atoms with Gasteiger partial charge in [-0.25, -0.2) is 9.97 Å². The molecule has 0 bridgehead atoms. The van der Waals surface area contributed by atoms with Crippen LogP contribution in [0.3, 0.4) is 0 Å². The van der Waals surface area contributed by atoms with Gasteiger partial charge in [-0.2, -0.15) is 0 Å². The lowest BCUT2D eigenvalue weighted by Crippen LogP contribution is -1.96. The Bertz CT molecular complexity index is 699. The van der Waals surface area contributed by atoms with Crippen molar-refractivity contribution in [2.24, 2.45) is 0 Å². The van der Waals surface area contributed by atoms with Crippen LogP contribution in [0.25, 0.3) is 10.9 Å². The van der Waals surface area contributed by atoms with Gasteiger partial charge >= 0.3 is 0 Å². The van der Waals surface area contributed by atoms with Crippen LogP contribution in [-0.2, 0) is 0 Å². The number of hydrogen-bond donors (Lipinski definition) is 1. The third-order valence-corrected chi connectivity index (χ3v) is 2.88. The van der Waals surface area contributed by atoms with Crippen LogP contribution in [0.5, 0.6) is 5.75 Å². The predicted molar refractivity (Wildman–Crippen MR) is 93.9 cm³/mol. The lowest BCUT2D eigenvalue weighted by Gasteiger charge is -2.09. The maximum atomic E-state index is 5.24. The SMILES string of the molecule is C.CC.COc1ccc2ncnc(Nc3ccccc3)c2c1. The van der Waals surface area contributed by atoms with Crippen molar-refractivity contribution in [2.45, 2.75) is 21.3 Å². The maximum absolute atomic E-state index is 5.24. The monoisotopic (exact) mass is 297 g/mol. The molecule has 0 spiro atoms. The molecule has 0 fully saturated rings. The summed E-state index contributed by atoms with van der Waals surface area (Å²) in [6.07, 6.45) is 1.56. The number of aromatic nitrogens is 2. The van der Waals surface area contributed by atoms with Gasteiger partial charge < -0.3 is 10.1 Å². The van der Waals surface area contributed by atoms with Crippen LogP contribution < -0.4 is 10.1 Å². The zero-order valence-corrected chi connectivity index (χ0v) is 12.5. The van der Waals surface area contributed by atoms with E-state index in [1.54, 1.807) is 13.4 Å². The molecule has 0 unspecified atom stereocenters. The summed E-state index contributed by atoms with van der Waals surface area (Å²) in [5.41, 5.74) is 1.87. The van der Waals surface area contributed by atoms with Crippen LogP contribution in [0.1, 0.15) is 21.3 Å². The Hall–Kier alpha value is -2.62. The summed E-state index contributed by atoms with van der Waals surface area (Å²) in [5.74, 6) is 1.56. The van der Waals surface area contributed by atoms with E-state index >= 15 is 0 Å². The van der Waals surface area contributed by atoms with Gasteiger partial charge in [0.25, 0.3) is 0 Å². The highest BCUT2D eigenvalue weighted by Crippen LogP contribution is 2.26. The number of rotatable bonds is 3. The van der Waals surface area contributed by atoms with Crippen molar-refractivity contribution >= 4 is 22.4 Å². The van der Waals surface area contributed by atoms with Crippen LogP contribution >= 0.6 is 0 Å². The number of nitrogens with zero attached hydrogens (tertiary/aromatic N) is 2. The number of methoxy groups -OCH3 is 1. The van der Waals surface area contributed by atoms with Crippen molar-refractivity contribution in [3.63, 3.8) is 0 Å². The first-order valence-corrected chi connectivity index (χ1v) is 6.97. The van der Waals surface area contributed by atoms with E-state index in [0.29, 0.717) is 0 Å². The molecular formula is C18H23N3O. The molecule has 0 aliphatic carbocycles. The highest BCUT2D eigenvalue weighted by atomic mass is 16.5. The molecule has 0 saturated heterocycles. The number of nitrogens with one attached hydrogen (secondary N) is 1. The second kappa shape index (κ2) is 8.62. The van der Waals surface area contributed by atoms with Crippen molar-refractivity contribution in [1.29, 1.82) is 0 Å². The van der Waals surface area contributed by atoms with Crippen molar-refractivity contribution in [1.82, 2.24) is 9.97 Å². The van der Waals surface area contributed by atoms with Gasteiger partial charge in [-0.1, -0.05) is 39.5 Å². The summed E-state index contributed by atoms with van der Waals surface area (Å²) in [5, 5.41) is 4.23. The fourth-order valence-corrected chi connectivity index (χ4v) is 1.92. The quantitative estimate of drug-likeness (QED) is 0.735. The molecule has 1 heterocycles. The summed E-state index contributed by atoms with van der Waals surface area (Å²) in [6, 6.07) is 15.7. The summed E-state index contributed by atoms with van der Waals surface area (Å²) in [6.45, 7) is 4.00. The smallest absolute Gasteiger partial charge is 0.141 e. The Morgan fingerprint density at radius 2 is 1.68 bits per heavy atom. The zero-order chi connectivity index (χ0) is 15.1. The van der Waals surface area contributed by atoms with E-state index in [2.05, 4.69) is 15.3 Å². The van der Waals surface area contributed by atoms with Crippen molar-refractivity contribution in [3.8, 4) is 5.75 Å². The van der Waals surface area contributed by atoms with Crippen LogP contribution in [0, 0.1) is 0 Å². The average molecular weight is 297 g/mol. The summed E-state index contributed by atoms with van der Waals surface area (Å²) in [4.78, 5) is 8.55. The van der Waals surface area contributed by atoms with Crippen molar-refractivity contribution in [3.05, 3.63) is 54.9 Å². The molecule has 4 nitrogen and oxygen atoms in total. The summed E-state index contributed by atoms with van der Waals surface area (Å²) in [7, 11) is 1.65. The minimum atomic E-state index is 0. The van der Waals surface area contributed by atoms with Crippen LogP contribution in [0.4, 0.5) is 11.5 Å². The largest absolute Gasteiger partial charge is 0.497 e. The zero-order valence-electron chi connectivity index (χ0n) is 12.5. The predicted octanol–water partition coefficient (Wildman–Crippen LogP) is 5.04. The molecule has 0 amide bonds. The van der Waals surface area contributed by atoms with E-state index < -0.39 is 0 Å². The fraction of sp³-hybridized carbons (Fsp3) is 0.222. The molecule has 1 aromatic heterocycles. The lowest BCUT2D eigenvalue weighted by molar-refractivity contribution is 0.415. The van der Waals surface area contributed by atoms with Gasteiger partial charge in [-0.15, -0.1) is 0 Å². The van der Waals surface area contributed by atoms with Gasteiger partial charge in [0, 0.05) is 11.1 Å². The normalized spacial score (nSPS) is 9.23. The average Bonchev–Trinajstić information content (AvgIpc) is 2.57. The fourth-order valence-electron chi connectivity index (χ4n) is 1.92. The van der Waals surface area contributed by atoms with E-state index in [1.807, 2.05) is 62.4 Å². The van der Waals surface area contributed by atoms with Gasteiger partial charge in [-0.3, -0.25) is 0 Å². The molecule has 0 saturated carbocycles. The van der Waals surface area contributed by atoms with E-state index in [4.69, 9.17) is 4.74 Å². The molecule has 3 rings (SSSR count). The van der Waals surface area contributed by atoms with Crippen molar-refractivity contribution in [2.75, 3.05) is 12.4 Å². The highest BCUT2D eigenvalue weighted by Gasteiger charge is 2.05. The molecule has 116 valence electrons. The van der Waals surface area contributed by atoms with E-state index in [9.17, 15) is 0 Å². The first-order valence-electron chi connectivity index (χ1n) is 6.97. The maximum Gasteiger partial charge on any atom is 0.141 e. The van der Waals surface area contributed by atoms with Gasteiger partial charge in [0.1, 0.15) is 17.9 Å². The second-order valence-electron chi connectivity index (χ2n) is 4.10. The minimum absolute atomic E-state index is 0. The lowest BCUT2D eigenvalue weighted by atomic mass is 10.2. The number of ether oxygens (including phenoxy) is 1. The first-order chi connectivity index (χ1) is 10.4. The third kappa shape index (κ3) is 3.95. The van der Waals surface area contributed by atoms with Crippen LogP contribution in [0.15, 0.2) is 54.9 Å². The van der Waals surface area contributed by atoms with E-state index in [1.165, 1.54) is 0 Å². The van der Waals surface area contributed by atoms with Gasteiger partial charge in [0.2, 0.25) is 0 Å². The number of fused-ring (bicyclic) bond motifs is 1. The molecule has 4 heteroatoms. The number of hydrogen-bond acceptors (Lipinski definition) is 4. The highest BCUT2D eigenvalue weighted by molar-refractivity contribution is 5.91. The molecule has 1 N–H and O–H groups in total. The molecule has 0 aliphatic rings.